The van der Waals surface area contributed by atoms with Gasteiger partial charge in [-0.1, -0.05) is 18.2 Å². The van der Waals surface area contributed by atoms with Crippen LogP contribution in [-0.2, 0) is 4.84 Å². The zero-order valence-electron chi connectivity index (χ0n) is 10.7. The standard InChI is InChI=1S/C14H19NO3/c1-3-17-13-6-4-11(5-7-13)14-10(2)8-12(9-16)15-18-14/h4-8,12,14-16H,3,9H2,1-2H3. The Morgan fingerprint density at radius 1 is 1.33 bits per heavy atom. The minimum Gasteiger partial charge on any atom is -0.494 e. The van der Waals surface area contributed by atoms with E-state index >= 15 is 0 Å². The summed E-state index contributed by atoms with van der Waals surface area (Å²) in [5, 5.41) is 9.06. The summed E-state index contributed by atoms with van der Waals surface area (Å²) in [5.41, 5.74) is 4.99. The van der Waals surface area contributed by atoms with Crippen LogP contribution in [0.25, 0.3) is 0 Å². The average molecular weight is 249 g/mol. The largest absolute Gasteiger partial charge is 0.494 e. The first-order chi connectivity index (χ1) is 8.74. The molecule has 98 valence electrons. The van der Waals surface area contributed by atoms with Crippen LogP contribution in [0.3, 0.4) is 0 Å². The molecule has 2 N–H and O–H groups in total. The maximum absolute atomic E-state index is 9.06. The first-order valence-corrected chi connectivity index (χ1v) is 6.17. The summed E-state index contributed by atoms with van der Waals surface area (Å²) < 4.78 is 5.41. The summed E-state index contributed by atoms with van der Waals surface area (Å²) >= 11 is 0. The summed E-state index contributed by atoms with van der Waals surface area (Å²) in [6.07, 6.45) is 1.88. The van der Waals surface area contributed by atoms with Crippen molar-refractivity contribution >= 4 is 0 Å². The Kier molecular flexibility index (Phi) is 4.36. The van der Waals surface area contributed by atoms with Crippen molar-refractivity contribution in [3.8, 4) is 5.75 Å². The number of aliphatic hydroxyl groups excluding tert-OH is 1. The molecule has 0 saturated carbocycles. The summed E-state index contributed by atoms with van der Waals surface area (Å²) in [6, 6.07) is 7.74. The highest BCUT2D eigenvalue weighted by Crippen LogP contribution is 2.29. The number of rotatable bonds is 4. The lowest BCUT2D eigenvalue weighted by Gasteiger charge is -2.27. The second kappa shape index (κ2) is 6.00. The molecule has 0 saturated heterocycles. The molecule has 18 heavy (non-hydrogen) atoms. The Bertz CT molecular complexity index is 414. The fraction of sp³-hybridized carbons (Fsp3) is 0.429. The van der Waals surface area contributed by atoms with Crippen molar-refractivity contribution in [1.82, 2.24) is 5.48 Å². The zero-order valence-corrected chi connectivity index (χ0v) is 10.7. The van der Waals surface area contributed by atoms with Gasteiger partial charge in [-0.2, -0.15) is 5.48 Å². The summed E-state index contributed by atoms with van der Waals surface area (Å²) in [5.74, 6) is 0.861. The van der Waals surface area contributed by atoms with Gasteiger partial charge in [-0.15, -0.1) is 0 Å². The highest BCUT2D eigenvalue weighted by atomic mass is 16.7. The number of hydroxylamine groups is 1. The quantitative estimate of drug-likeness (QED) is 0.801. The van der Waals surface area contributed by atoms with E-state index in [4.69, 9.17) is 14.7 Å². The van der Waals surface area contributed by atoms with Gasteiger partial charge in [0.25, 0.3) is 0 Å². The Morgan fingerprint density at radius 3 is 2.61 bits per heavy atom. The molecule has 1 aliphatic heterocycles. The van der Waals surface area contributed by atoms with Gasteiger partial charge in [-0.3, -0.25) is 4.84 Å². The van der Waals surface area contributed by atoms with E-state index in [9.17, 15) is 0 Å². The van der Waals surface area contributed by atoms with Crippen molar-refractivity contribution in [3.05, 3.63) is 41.5 Å². The molecule has 4 heteroatoms. The number of aliphatic hydroxyl groups is 1. The van der Waals surface area contributed by atoms with Crippen LogP contribution in [0.5, 0.6) is 5.75 Å². The van der Waals surface area contributed by atoms with Crippen LogP contribution in [0.1, 0.15) is 25.5 Å². The third-order valence-corrected chi connectivity index (χ3v) is 2.91. The normalized spacial score (nSPS) is 23.6. The maximum Gasteiger partial charge on any atom is 0.125 e. The molecule has 1 aliphatic rings. The molecule has 0 fully saturated rings. The lowest BCUT2D eigenvalue weighted by Crippen LogP contribution is -2.36. The molecule has 2 rings (SSSR count). The molecule has 4 nitrogen and oxygen atoms in total. The first-order valence-electron chi connectivity index (χ1n) is 6.17. The second-order valence-corrected chi connectivity index (χ2v) is 4.32. The van der Waals surface area contributed by atoms with E-state index in [-0.39, 0.29) is 18.8 Å². The van der Waals surface area contributed by atoms with Crippen LogP contribution >= 0.6 is 0 Å². The highest BCUT2D eigenvalue weighted by molar-refractivity contribution is 5.33. The molecule has 0 aromatic heterocycles. The van der Waals surface area contributed by atoms with Gasteiger partial charge in [0.2, 0.25) is 0 Å². The first kappa shape index (κ1) is 13.1. The molecule has 0 amide bonds. The van der Waals surface area contributed by atoms with Crippen molar-refractivity contribution in [2.24, 2.45) is 0 Å². The molecule has 1 aromatic rings. The maximum atomic E-state index is 9.06. The van der Waals surface area contributed by atoms with Crippen LogP contribution in [0, 0.1) is 0 Å². The van der Waals surface area contributed by atoms with Gasteiger partial charge in [0.15, 0.2) is 0 Å². The van der Waals surface area contributed by atoms with Gasteiger partial charge in [0.1, 0.15) is 11.9 Å². The molecule has 0 bridgehead atoms. The molecule has 0 radical (unpaired) electrons. The fourth-order valence-corrected chi connectivity index (χ4v) is 2.01. The summed E-state index contributed by atoms with van der Waals surface area (Å²) in [4.78, 5) is 5.56. The van der Waals surface area contributed by atoms with Gasteiger partial charge >= 0.3 is 0 Å². The summed E-state index contributed by atoms with van der Waals surface area (Å²) in [6.45, 7) is 4.67. The van der Waals surface area contributed by atoms with Crippen molar-refractivity contribution in [2.75, 3.05) is 13.2 Å². The third kappa shape index (κ3) is 2.90. The fourth-order valence-electron chi connectivity index (χ4n) is 2.01. The number of hydrogen-bond donors (Lipinski definition) is 2. The summed E-state index contributed by atoms with van der Waals surface area (Å²) in [7, 11) is 0. The van der Waals surface area contributed by atoms with E-state index in [1.54, 1.807) is 0 Å². The molecule has 0 spiro atoms. The molecule has 1 aromatic carbocycles. The Hall–Kier alpha value is -1.36. The SMILES string of the molecule is CCOc1ccc(C2ONC(CO)C=C2C)cc1. The molecule has 1 heterocycles. The van der Waals surface area contributed by atoms with Gasteiger partial charge in [0, 0.05) is 0 Å². The Labute approximate surface area is 107 Å². The predicted molar refractivity (Wildman–Crippen MR) is 69.2 cm³/mol. The van der Waals surface area contributed by atoms with Crippen molar-refractivity contribution in [2.45, 2.75) is 26.0 Å². The smallest absolute Gasteiger partial charge is 0.125 e. The third-order valence-electron chi connectivity index (χ3n) is 2.91. The van der Waals surface area contributed by atoms with E-state index in [0.29, 0.717) is 6.61 Å². The van der Waals surface area contributed by atoms with Crippen molar-refractivity contribution in [3.63, 3.8) is 0 Å². The van der Waals surface area contributed by atoms with Crippen LogP contribution < -0.4 is 10.2 Å². The predicted octanol–water partition coefficient (Wildman–Crippen LogP) is 1.97. The highest BCUT2D eigenvalue weighted by Gasteiger charge is 2.21. The number of benzene rings is 1. The van der Waals surface area contributed by atoms with E-state index < -0.39 is 0 Å². The number of hydrogen-bond acceptors (Lipinski definition) is 4. The van der Waals surface area contributed by atoms with Crippen LogP contribution in [0.4, 0.5) is 0 Å². The molecule has 2 unspecified atom stereocenters. The van der Waals surface area contributed by atoms with Gasteiger partial charge in [-0.25, -0.2) is 0 Å². The zero-order chi connectivity index (χ0) is 13.0. The minimum absolute atomic E-state index is 0.0351. The van der Waals surface area contributed by atoms with E-state index in [1.807, 2.05) is 44.2 Å². The molecule has 0 aliphatic carbocycles. The minimum atomic E-state index is -0.121. The molecule has 2 atom stereocenters. The van der Waals surface area contributed by atoms with E-state index in [2.05, 4.69) is 5.48 Å². The number of nitrogens with one attached hydrogen (secondary N) is 1. The average Bonchev–Trinajstić information content (AvgIpc) is 2.40. The monoisotopic (exact) mass is 249 g/mol. The van der Waals surface area contributed by atoms with Gasteiger partial charge < -0.3 is 9.84 Å². The van der Waals surface area contributed by atoms with Gasteiger partial charge in [0.05, 0.1) is 19.3 Å². The van der Waals surface area contributed by atoms with E-state index in [0.717, 1.165) is 16.9 Å². The molecular weight excluding hydrogens is 230 g/mol. The Balaban J connectivity index is 2.12. The van der Waals surface area contributed by atoms with Gasteiger partial charge in [-0.05, 0) is 37.1 Å². The number of ether oxygens (including phenoxy) is 1. The van der Waals surface area contributed by atoms with Crippen LogP contribution in [0.15, 0.2) is 35.9 Å². The lowest BCUT2D eigenvalue weighted by molar-refractivity contribution is -0.0398. The molecular formula is C14H19NO3. The lowest BCUT2D eigenvalue weighted by atomic mass is 10.00. The second-order valence-electron chi connectivity index (χ2n) is 4.32. The topological polar surface area (TPSA) is 50.7 Å². The van der Waals surface area contributed by atoms with Crippen molar-refractivity contribution < 1.29 is 14.7 Å². The van der Waals surface area contributed by atoms with Crippen LogP contribution in [0.2, 0.25) is 0 Å². The van der Waals surface area contributed by atoms with E-state index in [1.165, 1.54) is 0 Å². The van der Waals surface area contributed by atoms with Crippen LogP contribution in [-0.4, -0.2) is 24.4 Å². The van der Waals surface area contributed by atoms with Crippen molar-refractivity contribution in [1.29, 1.82) is 0 Å². The Morgan fingerprint density at radius 2 is 2.06 bits per heavy atom.